The van der Waals surface area contributed by atoms with Crippen LogP contribution in [0.3, 0.4) is 0 Å². The summed E-state index contributed by atoms with van der Waals surface area (Å²) in [5, 5.41) is 12.9. The minimum Gasteiger partial charge on any atom is -0.478 e. The highest BCUT2D eigenvalue weighted by atomic mass is 32.2. The first-order valence-corrected chi connectivity index (χ1v) is 16.2. The lowest BCUT2D eigenvalue weighted by Crippen LogP contribution is -2.38. The molecule has 0 unspecified atom stereocenters. The average molecular weight is 633 g/mol. The molecule has 0 saturated carbocycles. The Bertz CT molecular complexity index is 1750. The normalized spacial score (nSPS) is 12.5. The van der Waals surface area contributed by atoms with Crippen LogP contribution in [0.1, 0.15) is 67.1 Å². The van der Waals surface area contributed by atoms with Gasteiger partial charge in [-0.1, -0.05) is 52.0 Å². The molecule has 2 aromatic heterocycles. The lowest BCUT2D eigenvalue weighted by molar-refractivity contribution is 0.0696. The Labute approximate surface area is 264 Å². The Balaban J connectivity index is 1.65. The standard InChI is InChI=1S/C33H40N6O5S/c1-7-24-14-15-34-28(36-24)19-35-25(18-33(4,5)6)20-44-29-17-27(30-21(2)10-8-11-22(30)3)37-32(38-29)39-45(42,43)26-13-9-12-23(16-26)31(40)41/h8-17,25,35H,7,18-20H2,1-6H3,(H,40,41)(H,37,38,39)/t25-/m1/s1. The summed E-state index contributed by atoms with van der Waals surface area (Å²) in [5.41, 5.74) is 4.00. The summed E-state index contributed by atoms with van der Waals surface area (Å²) in [6.07, 6.45) is 3.35. The van der Waals surface area contributed by atoms with Gasteiger partial charge >= 0.3 is 5.97 Å². The summed E-state index contributed by atoms with van der Waals surface area (Å²) in [6.45, 7) is 13.1. The molecule has 2 aromatic carbocycles. The SMILES string of the molecule is CCc1ccnc(CN[C@@H](COc2cc(-c3c(C)cccc3C)nc(NS(=O)(=O)c3cccc(C(=O)O)c3)n2)CC(C)(C)C)n1. The van der Waals surface area contributed by atoms with Crippen LogP contribution >= 0.6 is 0 Å². The minimum absolute atomic E-state index is 0.0203. The average Bonchev–Trinajstić information content (AvgIpc) is 2.97. The Hall–Kier alpha value is -4.42. The second kappa shape index (κ2) is 14.1. The van der Waals surface area contributed by atoms with Gasteiger partial charge in [-0.25, -0.2) is 32.9 Å². The highest BCUT2D eigenvalue weighted by molar-refractivity contribution is 7.92. The molecule has 0 aliphatic heterocycles. The van der Waals surface area contributed by atoms with E-state index >= 15 is 0 Å². The Morgan fingerprint density at radius 2 is 1.71 bits per heavy atom. The van der Waals surface area contributed by atoms with Crippen LogP contribution in [0.2, 0.25) is 0 Å². The molecule has 0 aliphatic rings. The molecular weight excluding hydrogens is 592 g/mol. The van der Waals surface area contributed by atoms with Crippen LogP contribution in [-0.4, -0.2) is 52.1 Å². The zero-order valence-corrected chi connectivity index (χ0v) is 27.3. The van der Waals surface area contributed by atoms with E-state index in [1.165, 1.54) is 18.2 Å². The van der Waals surface area contributed by atoms with Gasteiger partial charge in [0.1, 0.15) is 12.4 Å². The van der Waals surface area contributed by atoms with E-state index in [1.54, 1.807) is 12.3 Å². The minimum atomic E-state index is -4.23. The largest absolute Gasteiger partial charge is 0.478 e. The third-order valence-corrected chi connectivity index (χ3v) is 8.35. The van der Waals surface area contributed by atoms with E-state index in [0.717, 1.165) is 41.3 Å². The van der Waals surface area contributed by atoms with Gasteiger partial charge in [-0.2, -0.15) is 4.98 Å². The van der Waals surface area contributed by atoms with Crippen LogP contribution < -0.4 is 14.8 Å². The number of aryl methyl sites for hydroxylation is 3. The first-order chi connectivity index (χ1) is 21.2. The first-order valence-electron chi connectivity index (χ1n) is 14.7. The molecule has 1 atom stereocenters. The number of carboxylic acid groups (broad SMARTS) is 1. The number of benzene rings is 2. The van der Waals surface area contributed by atoms with Gasteiger partial charge in [0, 0.05) is 29.6 Å². The number of hydrogen-bond donors (Lipinski definition) is 3. The van der Waals surface area contributed by atoms with Crippen LogP contribution in [-0.2, 0) is 23.0 Å². The zero-order valence-electron chi connectivity index (χ0n) is 26.5. The van der Waals surface area contributed by atoms with Gasteiger partial charge < -0.3 is 15.2 Å². The van der Waals surface area contributed by atoms with E-state index in [2.05, 4.69) is 50.7 Å². The van der Waals surface area contributed by atoms with E-state index in [-0.39, 0.29) is 40.4 Å². The maximum atomic E-state index is 13.3. The van der Waals surface area contributed by atoms with Gasteiger partial charge in [0.15, 0.2) is 0 Å². The number of aromatic carboxylic acids is 1. The number of hydrogen-bond acceptors (Lipinski definition) is 9. The molecule has 12 heteroatoms. The van der Waals surface area contributed by atoms with Crippen molar-refractivity contribution < 1.29 is 23.1 Å². The highest BCUT2D eigenvalue weighted by Gasteiger charge is 2.22. The van der Waals surface area contributed by atoms with E-state index in [0.29, 0.717) is 18.1 Å². The molecule has 0 fully saturated rings. The van der Waals surface area contributed by atoms with Crippen molar-refractivity contribution in [3.63, 3.8) is 0 Å². The Morgan fingerprint density at radius 3 is 2.38 bits per heavy atom. The van der Waals surface area contributed by atoms with Crippen LogP contribution in [0.4, 0.5) is 5.95 Å². The molecule has 45 heavy (non-hydrogen) atoms. The van der Waals surface area contributed by atoms with E-state index in [4.69, 9.17) is 4.74 Å². The van der Waals surface area contributed by atoms with E-state index < -0.39 is 16.0 Å². The van der Waals surface area contributed by atoms with Crippen LogP contribution in [0.25, 0.3) is 11.3 Å². The van der Waals surface area contributed by atoms with Gasteiger partial charge in [-0.3, -0.25) is 0 Å². The van der Waals surface area contributed by atoms with Gasteiger partial charge in [0.2, 0.25) is 11.8 Å². The van der Waals surface area contributed by atoms with Gasteiger partial charge in [-0.15, -0.1) is 0 Å². The highest BCUT2D eigenvalue weighted by Crippen LogP contribution is 2.30. The lowest BCUT2D eigenvalue weighted by Gasteiger charge is -2.27. The number of rotatable bonds is 13. The quantitative estimate of drug-likeness (QED) is 0.170. The fourth-order valence-corrected chi connectivity index (χ4v) is 5.93. The van der Waals surface area contributed by atoms with Gasteiger partial charge in [-0.05, 0) is 67.5 Å². The number of sulfonamides is 1. The van der Waals surface area contributed by atoms with Crippen molar-refractivity contribution in [1.82, 2.24) is 25.3 Å². The summed E-state index contributed by atoms with van der Waals surface area (Å²) in [4.78, 5) is 29.1. The van der Waals surface area contributed by atoms with Crippen LogP contribution in [0, 0.1) is 19.3 Å². The molecule has 0 saturated heterocycles. The van der Waals surface area contributed by atoms with Crippen LogP contribution in [0.5, 0.6) is 5.88 Å². The number of anilines is 1. The van der Waals surface area contributed by atoms with Crippen molar-refractivity contribution in [2.24, 2.45) is 5.41 Å². The van der Waals surface area contributed by atoms with Gasteiger partial charge in [0.25, 0.3) is 10.0 Å². The van der Waals surface area contributed by atoms with Crippen molar-refractivity contribution in [2.45, 2.75) is 71.9 Å². The van der Waals surface area contributed by atoms with Crippen molar-refractivity contribution in [2.75, 3.05) is 11.3 Å². The Morgan fingerprint density at radius 1 is 1.00 bits per heavy atom. The third kappa shape index (κ3) is 9.29. The number of nitrogens with one attached hydrogen (secondary N) is 2. The smallest absolute Gasteiger partial charge is 0.335 e. The van der Waals surface area contributed by atoms with E-state index in [1.807, 2.05) is 45.0 Å². The second-order valence-electron chi connectivity index (χ2n) is 12.1. The molecule has 11 nitrogen and oxygen atoms in total. The monoisotopic (exact) mass is 632 g/mol. The van der Waals surface area contributed by atoms with Crippen molar-refractivity contribution in [3.8, 4) is 17.1 Å². The fourth-order valence-electron chi connectivity index (χ4n) is 4.94. The topological polar surface area (TPSA) is 156 Å². The molecule has 0 radical (unpaired) electrons. The fraction of sp³-hybridized carbons (Fsp3) is 0.364. The number of carbonyl (C=O) groups is 1. The molecular formula is C33H40N6O5S. The van der Waals surface area contributed by atoms with Crippen molar-refractivity contribution >= 4 is 21.9 Å². The molecule has 3 N–H and O–H groups in total. The number of carboxylic acids is 1. The maximum Gasteiger partial charge on any atom is 0.335 e. The molecule has 238 valence electrons. The summed E-state index contributed by atoms with van der Waals surface area (Å²) in [7, 11) is -4.23. The first kappa shape index (κ1) is 33.5. The zero-order chi connectivity index (χ0) is 32.8. The number of ether oxygens (including phenoxy) is 1. The lowest BCUT2D eigenvalue weighted by atomic mass is 9.88. The van der Waals surface area contributed by atoms with Crippen molar-refractivity contribution in [1.29, 1.82) is 0 Å². The molecule has 2 heterocycles. The van der Waals surface area contributed by atoms with Crippen LogP contribution in [0.15, 0.2) is 65.7 Å². The summed E-state index contributed by atoms with van der Waals surface area (Å²) < 4.78 is 35.3. The van der Waals surface area contributed by atoms with Gasteiger partial charge in [0.05, 0.1) is 22.7 Å². The van der Waals surface area contributed by atoms with Crippen molar-refractivity contribution in [3.05, 3.63) is 89.0 Å². The Kier molecular flexibility index (Phi) is 10.5. The second-order valence-corrected chi connectivity index (χ2v) is 13.8. The summed E-state index contributed by atoms with van der Waals surface area (Å²) >= 11 is 0. The molecule has 0 aliphatic carbocycles. The summed E-state index contributed by atoms with van der Waals surface area (Å²) in [6, 6.07) is 14.4. The molecule has 4 rings (SSSR count). The maximum absolute atomic E-state index is 13.3. The van der Waals surface area contributed by atoms with E-state index in [9.17, 15) is 18.3 Å². The third-order valence-electron chi connectivity index (χ3n) is 7.02. The number of nitrogens with zero attached hydrogens (tertiary/aromatic N) is 4. The molecule has 4 aromatic rings. The molecule has 0 amide bonds. The molecule has 0 spiro atoms. The number of aromatic nitrogens is 4. The predicted octanol–water partition coefficient (Wildman–Crippen LogP) is 5.59. The summed E-state index contributed by atoms with van der Waals surface area (Å²) in [5.74, 6) is -0.559. The molecule has 0 bridgehead atoms. The predicted molar refractivity (Wildman–Crippen MR) is 173 cm³/mol.